The summed E-state index contributed by atoms with van der Waals surface area (Å²) in [6.45, 7) is 0. The van der Waals surface area contributed by atoms with Crippen LogP contribution in [0.4, 0.5) is 8.78 Å². The summed E-state index contributed by atoms with van der Waals surface area (Å²) in [4.78, 5) is 0. The molecule has 15 heavy (non-hydrogen) atoms. The van der Waals surface area contributed by atoms with Gasteiger partial charge in [0, 0.05) is 0 Å². The standard InChI is InChI=1S/C12H6F2I/c13-7-3-1-5-9-11(7)12-8(14)4-2-6-10(12)15-9/h1-6H/q+1. The average molecular weight is 315 g/mol. The van der Waals surface area contributed by atoms with Gasteiger partial charge in [0.2, 0.25) is 7.14 Å². The molecular formula is C12H6F2I+. The largest absolute Gasteiger partial charge is 0.359 e. The van der Waals surface area contributed by atoms with Gasteiger partial charge in [-0.15, -0.1) is 0 Å². The van der Waals surface area contributed by atoms with Crippen molar-refractivity contribution in [1.29, 1.82) is 0 Å². The Morgan fingerprint density at radius 1 is 0.733 bits per heavy atom. The second-order valence-electron chi connectivity index (χ2n) is 3.29. The van der Waals surface area contributed by atoms with Gasteiger partial charge in [-0.1, -0.05) is 12.1 Å². The van der Waals surface area contributed by atoms with E-state index < -0.39 is 21.2 Å². The minimum atomic E-state index is -0.411. The lowest BCUT2D eigenvalue weighted by Gasteiger charge is -1.97. The quantitative estimate of drug-likeness (QED) is 0.515. The van der Waals surface area contributed by atoms with Crippen molar-refractivity contribution in [1.82, 2.24) is 0 Å². The first-order valence-electron chi connectivity index (χ1n) is 4.49. The lowest BCUT2D eigenvalue weighted by molar-refractivity contribution is -0.590. The molecule has 1 aliphatic rings. The summed E-state index contributed by atoms with van der Waals surface area (Å²) >= 11 is -0.411. The maximum atomic E-state index is 13.6. The van der Waals surface area contributed by atoms with Gasteiger partial charge >= 0.3 is 21.2 Å². The van der Waals surface area contributed by atoms with Gasteiger partial charge in [-0.25, -0.2) is 8.78 Å². The van der Waals surface area contributed by atoms with Crippen molar-refractivity contribution in [2.75, 3.05) is 0 Å². The van der Waals surface area contributed by atoms with E-state index in [-0.39, 0.29) is 11.6 Å². The van der Waals surface area contributed by atoms with Crippen LogP contribution in [0.1, 0.15) is 0 Å². The van der Waals surface area contributed by atoms with E-state index in [4.69, 9.17) is 0 Å². The maximum absolute atomic E-state index is 13.6. The van der Waals surface area contributed by atoms with Crippen LogP contribution in [-0.4, -0.2) is 0 Å². The van der Waals surface area contributed by atoms with E-state index in [2.05, 4.69) is 0 Å². The minimum Gasteiger partial charge on any atom is -0.206 e. The fourth-order valence-corrected chi connectivity index (χ4v) is 4.74. The molecule has 2 aromatic rings. The van der Waals surface area contributed by atoms with Gasteiger partial charge in [0.05, 0.1) is 11.1 Å². The number of halogens is 3. The Hall–Kier alpha value is -0.970. The van der Waals surface area contributed by atoms with Crippen LogP contribution in [0.2, 0.25) is 0 Å². The Bertz CT molecular complexity index is 500. The third-order valence-corrected chi connectivity index (χ3v) is 5.34. The molecule has 0 fully saturated rings. The van der Waals surface area contributed by atoms with E-state index in [0.29, 0.717) is 11.1 Å². The third kappa shape index (κ3) is 1.29. The van der Waals surface area contributed by atoms with Crippen LogP contribution in [0, 0.1) is 18.8 Å². The van der Waals surface area contributed by atoms with Gasteiger partial charge in [-0.3, -0.25) is 0 Å². The lowest BCUT2D eigenvalue weighted by Crippen LogP contribution is -3.61. The molecule has 0 saturated carbocycles. The molecule has 2 aromatic carbocycles. The molecule has 0 atom stereocenters. The highest BCUT2D eigenvalue weighted by Crippen LogP contribution is 2.27. The first-order chi connectivity index (χ1) is 7.27. The highest BCUT2D eigenvalue weighted by atomic mass is 127. The summed E-state index contributed by atoms with van der Waals surface area (Å²) in [5, 5.41) is 0. The Kier molecular flexibility index (Phi) is 2.02. The van der Waals surface area contributed by atoms with Crippen LogP contribution in [0.3, 0.4) is 0 Å². The van der Waals surface area contributed by atoms with Gasteiger partial charge in [0.1, 0.15) is 11.6 Å². The van der Waals surface area contributed by atoms with Crippen molar-refractivity contribution in [3.05, 3.63) is 55.2 Å². The predicted octanol–water partition coefficient (Wildman–Crippen LogP) is 0.0736. The molecule has 0 unspecified atom stereocenters. The van der Waals surface area contributed by atoms with Crippen LogP contribution >= 0.6 is 0 Å². The molecular weight excluding hydrogens is 309 g/mol. The number of benzene rings is 2. The Balaban J connectivity index is 2.39. The number of hydrogen-bond acceptors (Lipinski definition) is 0. The topological polar surface area (TPSA) is 0 Å². The van der Waals surface area contributed by atoms with Gasteiger partial charge in [0.25, 0.3) is 0 Å². The summed E-state index contributed by atoms with van der Waals surface area (Å²) in [6, 6.07) is 9.96. The zero-order valence-electron chi connectivity index (χ0n) is 7.60. The van der Waals surface area contributed by atoms with E-state index >= 15 is 0 Å². The van der Waals surface area contributed by atoms with Crippen molar-refractivity contribution in [3.63, 3.8) is 0 Å². The van der Waals surface area contributed by atoms with Crippen molar-refractivity contribution >= 4 is 0 Å². The van der Waals surface area contributed by atoms with Crippen LogP contribution in [-0.2, 0) is 0 Å². The Morgan fingerprint density at radius 2 is 1.20 bits per heavy atom. The van der Waals surface area contributed by atoms with Crippen LogP contribution in [0.25, 0.3) is 11.1 Å². The lowest BCUT2D eigenvalue weighted by atomic mass is 10.0. The van der Waals surface area contributed by atoms with Gasteiger partial charge < -0.3 is 0 Å². The first-order valence-corrected chi connectivity index (χ1v) is 6.65. The number of rotatable bonds is 0. The first kappa shape index (κ1) is 9.27. The zero-order valence-corrected chi connectivity index (χ0v) is 9.76. The number of fused-ring (bicyclic) bond motifs is 3. The Labute approximate surface area is 96.2 Å². The summed E-state index contributed by atoms with van der Waals surface area (Å²) in [5.74, 6) is -0.618. The summed E-state index contributed by atoms with van der Waals surface area (Å²) < 4.78 is 29.2. The molecule has 0 saturated heterocycles. The van der Waals surface area contributed by atoms with Gasteiger partial charge in [0.15, 0.2) is 0 Å². The molecule has 0 spiro atoms. The van der Waals surface area contributed by atoms with E-state index in [1.165, 1.54) is 12.1 Å². The third-order valence-electron chi connectivity index (χ3n) is 2.38. The van der Waals surface area contributed by atoms with Crippen molar-refractivity contribution in [2.24, 2.45) is 0 Å². The fourth-order valence-electron chi connectivity index (χ4n) is 1.74. The zero-order chi connectivity index (χ0) is 10.4. The number of hydrogen-bond donors (Lipinski definition) is 0. The van der Waals surface area contributed by atoms with Crippen molar-refractivity contribution in [2.45, 2.75) is 0 Å². The molecule has 3 rings (SSSR count). The monoisotopic (exact) mass is 315 g/mol. The van der Waals surface area contributed by atoms with Gasteiger partial charge in [-0.2, -0.15) is 0 Å². The molecule has 0 aliphatic carbocycles. The molecule has 0 bridgehead atoms. The van der Waals surface area contributed by atoms with E-state index in [0.717, 1.165) is 7.14 Å². The highest BCUT2D eigenvalue weighted by Gasteiger charge is 2.37. The van der Waals surface area contributed by atoms with E-state index in [1.807, 2.05) is 12.1 Å². The molecule has 74 valence electrons. The van der Waals surface area contributed by atoms with Gasteiger partial charge in [-0.05, 0) is 24.3 Å². The van der Waals surface area contributed by atoms with Crippen LogP contribution < -0.4 is 21.2 Å². The molecule has 0 N–H and O–H groups in total. The second kappa shape index (κ2) is 3.27. The smallest absolute Gasteiger partial charge is 0.206 e. The molecule has 3 heteroatoms. The summed E-state index contributed by atoms with van der Waals surface area (Å²) in [7, 11) is 0. The molecule has 1 aliphatic heterocycles. The van der Waals surface area contributed by atoms with E-state index in [9.17, 15) is 8.78 Å². The molecule has 0 aromatic heterocycles. The maximum Gasteiger partial charge on any atom is 0.359 e. The molecule has 0 nitrogen and oxygen atoms in total. The van der Waals surface area contributed by atoms with Crippen LogP contribution in [0.5, 0.6) is 0 Å². The average Bonchev–Trinajstić information content (AvgIpc) is 2.58. The van der Waals surface area contributed by atoms with E-state index in [1.54, 1.807) is 12.1 Å². The second-order valence-corrected chi connectivity index (χ2v) is 6.15. The normalized spacial score (nSPS) is 12.4. The highest BCUT2D eigenvalue weighted by molar-refractivity contribution is 5.65. The molecule has 0 amide bonds. The summed E-state index contributed by atoms with van der Waals surface area (Å²) in [5.41, 5.74) is 0.969. The summed E-state index contributed by atoms with van der Waals surface area (Å²) in [6.07, 6.45) is 0. The minimum absolute atomic E-state index is 0.309. The fraction of sp³-hybridized carbons (Fsp3) is 0. The predicted molar refractivity (Wildman–Crippen MR) is 49.2 cm³/mol. The molecule has 1 heterocycles. The van der Waals surface area contributed by atoms with Crippen molar-refractivity contribution in [3.8, 4) is 11.1 Å². The Morgan fingerprint density at radius 3 is 1.67 bits per heavy atom. The SMILES string of the molecule is Fc1cccc2c1-c1c(F)cccc1[I+]2. The van der Waals surface area contributed by atoms with Crippen LogP contribution in [0.15, 0.2) is 36.4 Å². The molecule has 0 radical (unpaired) electrons. The van der Waals surface area contributed by atoms with Crippen molar-refractivity contribution < 1.29 is 30.0 Å².